The van der Waals surface area contributed by atoms with Crippen molar-refractivity contribution < 1.29 is 4.79 Å². The summed E-state index contributed by atoms with van der Waals surface area (Å²) in [6.45, 7) is 0. The third-order valence-electron chi connectivity index (χ3n) is 4.03. The van der Waals surface area contributed by atoms with E-state index in [0.717, 1.165) is 12.1 Å². The van der Waals surface area contributed by atoms with Crippen LogP contribution >= 0.6 is 11.8 Å². The lowest BCUT2D eigenvalue weighted by Gasteiger charge is -2.18. The highest BCUT2D eigenvalue weighted by Crippen LogP contribution is 2.48. The molecule has 2 aromatic rings. The minimum atomic E-state index is 0.0946. The average Bonchev–Trinajstić information content (AvgIpc) is 3.20. The Kier molecular flexibility index (Phi) is 3.76. The highest BCUT2D eigenvalue weighted by atomic mass is 32.2. The number of nitrogens with zero attached hydrogens (tertiary/aromatic N) is 3. The van der Waals surface area contributed by atoms with Crippen LogP contribution in [-0.4, -0.2) is 29.0 Å². The first kappa shape index (κ1) is 14.2. The first-order chi connectivity index (χ1) is 10.1. The number of hydrogen-bond donors (Lipinski definition) is 0. The third kappa shape index (κ3) is 2.83. The van der Waals surface area contributed by atoms with Crippen LogP contribution in [0.5, 0.6) is 0 Å². The summed E-state index contributed by atoms with van der Waals surface area (Å²) in [5, 5.41) is 4.19. The van der Waals surface area contributed by atoms with Gasteiger partial charge in [-0.2, -0.15) is 5.10 Å². The van der Waals surface area contributed by atoms with E-state index in [-0.39, 0.29) is 11.8 Å². The van der Waals surface area contributed by atoms with Crippen LogP contribution in [0.25, 0.3) is 0 Å². The number of aryl methyl sites for hydroxylation is 1. The van der Waals surface area contributed by atoms with E-state index < -0.39 is 0 Å². The van der Waals surface area contributed by atoms with E-state index in [2.05, 4.69) is 17.2 Å². The van der Waals surface area contributed by atoms with Crippen LogP contribution in [0.1, 0.15) is 17.9 Å². The second kappa shape index (κ2) is 5.56. The average molecular weight is 301 g/mol. The monoisotopic (exact) mass is 301 g/mol. The van der Waals surface area contributed by atoms with E-state index in [0.29, 0.717) is 5.92 Å². The van der Waals surface area contributed by atoms with Gasteiger partial charge in [-0.3, -0.25) is 9.48 Å². The molecule has 1 aromatic heterocycles. The highest BCUT2D eigenvalue weighted by Gasteiger charge is 2.46. The van der Waals surface area contributed by atoms with Crippen molar-refractivity contribution in [2.45, 2.75) is 17.2 Å². The van der Waals surface area contributed by atoms with Crippen LogP contribution in [0.3, 0.4) is 0 Å². The van der Waals surface area contributed by atoms with Crippen LogP contribution in [0, 0.1) is 5.92 Å². The number of benzene rings is 1. The molecule has 1 aromatic carbocycles. The number of thioether (sulfide) groups is 1. The summed E-state index contributed by atoms with van der Waals surface area (Å²) >= 11 is 1.69. The van der Waals surface area contributed by atoms with Gasteiger partial charge in [0, 0.05) is 36.8 Å². The van der Waals surface area contributed by atoms with Crippen molar-refractivity contribution in [3.63, 3.8) is 0 Å². The molecule has 0 radical (unpaired) electrons. The molecule has 0 bridgehead atoms. The molecular weight excluding hydrogens is 282 g/mol. The molecule has 0 N–H and O–H groups in total. The molecule has 1 fully saturated rings. The summed E-state index contributed by atoms with van der Waals surface area (Å²) < 4.78 is 1.79. The van der Waals surface area contributed by atoms with Gasteiger partial charge < -0.3 is 4.90 Å². The Morgan fingerprint density at radius 1 is 1.48 bits per heavy atom. The molecule has 1 aliphatic rings. The molecular formula is C16H19N3OS. The van der Waals surface area contributed by atoms with Gasteiger partial charge in [-0.25, -0.2) is 0 Å². The molecule has 3 rings (SSSR count). The SMILES string of the molecule is CSc1cccc(N(C)C(=O)[C@H]2C[C@H]2c2cnn(C)c2)c1. The molecule has 0 unspecified atom stereocenters. The molecule has 5 heteroatoms. The molecule has 1 aliphatic carbocycles. The van der Waals surface area contributed by atoms with Gasteiger partial charge >= 0.3 is 0 Å². The molecule has 0 saturated heterocycles. The molecule has 1 saturated carbocycles. The topological polar surface area (TPSA) is 38.1 Å². The van der Waals surface area contributed by atoms with Gasteiger partial charge in [0.05, 0.1) is 6.20 Å². The largest absolute Gasteiger partial charge is 0.315 e. The predicted octanol–water partition coefficient (Wildman–Crippen LogP) is 2.91. The zero-order chi connectivity index (χ0) is 15.0. The summed E-state index contributed by atoms with van der Waals surface area (Å²) in [5.74, 6) is 0.622. The van der Waals surface area contributed by atoms with E-state index >= 15 is 0 Å². The molecule has 21 heavy (non-hydrogen) atoms. The van der Waals surface area contributed by atoms with E-state index in [9.17, 15) is 4.79 Å². The molecule has 0 aliphatic heterocycles. The number of anilines is 1. The number of carbonyl (C=O) groups excluding carboxylic acids is 1. The fourth-order valence-electron chi connectivity index (χ4n) is 2.66. The number of amides is 1. The first-order valence-corrected chi connectivity index (χ1v) is 8.23. The molecule has 110 valence electrons. The first-order valence-electron chi connectivity index (χ1n) is 7.00. The quantitative estimate of drug-likeness (QED) is 0.815. The Bertz CT molecular complexity index is 667. The van der Waals surface area contributed by atoms with Gasteiger partial charge in [0.15, 0.2) is 0 Å². The molecule has 1 heterocycles. The van der Waals surface area contributed by atoms with Crippen molar-refractivity contribution in [2.24, 2.45) is 13.0 Å². The standard InChI is InChI=1S/C16H19N3OS/c1-18-10-11(9-17-18)14-8-15(14)16(20)19(2)12-5-4-6-13(7-12)21-3/h4-7,9-10,14-15H,8H2,1-3H3/t14-,15-/m0/s1. The van der Waals surface area contributed by atoms with Crippen molar-refractivity contribution >= 4 is 23.4 Å². The predicted molar refractivity (Wildman–Crippen MR) is 85.7 cm³/mol. The van der Waals surface area contributed by atoms with Crippen LogP contribution in [-0.2, 0) is 11.8 Å². The van der Waals surface area contributed by atoms with E-state index in [4.69, 9.17) is 0 Å². The number of carbonyl (C=O) groups is 1. The van der Waals surface area contributed by atoms with E-state index in [1.165, 1.54) is 10.5 Å². The lowest BCUT2D eigenvalue weighted by atomic mass is 10.2. The van der Waals surface area contributed by atoms with Crippen LogP contribution in [0.4, 0.5) is 5.69 Å². The van der Waals surface area contributed by atoms with Gasteiger partial charge in [-0.05, 0) is 42.4 Å². The summed E-state index contributed by atoms with van der Waals surface area (Å²) in [5.41, 5.74) is 2.13. The second-order valence-electron chi connectivity index (χ2n) is 5.49. The molecule has 4 nitrogen and oxygen atoms in total. The van der Waals surface area contributed by atoms with Gasteiger partial charge in [0.25, 0.3) is 0 Å². The lowest BCUT2D eigenvalue weighted by molar-refractivity contribution is -0.119. The van der Waals surface area contributed by atoms with Gasteiger partial charge in [-0.15, -0.1) is 11.8 Å². The zero-order valence-corrected chi connectivity index (χ0v) is 13.3. The maximum atomic E-state index is 12.6. The Morgan fingerprint density at radius 2 is 2.29 bits per heavy atom. The minimum absolute atomic E-state index is 0.0946. The van der Waals surface area contributed by atoms with Crippen molar-refractivity contribution in [1.82, 2.24) is 9.78 Å². The lowest BCUT2D eigenvalue weighted by Crippen LogP contribution is -2.28. The second-order valence-corrected chi connectivity index (χ2v) is 6.37. The summed E-state index contributed by atoms with van der Waals surface area (Å²) in [4.78, 5) is 15.5. The van der Waals surface area contributed by atoms with Crippen LogP contribution in [0.15, 0.2) is 41.6 Å². The highest BCUT2D eigenvalue weighted by molar-refractivity contribution is 7.98. The molecule has 1 amide bonds. The summed E-state index contributed by atoms with van der Waals surface area (Å²) in [7, 11) is 3.77. The Labute approximate surface area is 129 Å². The fraction of sp³-hybridized carbons (Fsp3) is 0.375. The maximum absolute atomic E-state index is 12.6. The smallest absolute Gasteiger partial charge is 0.230 e. The molecule has 0 spiro atoms. The van der Waals surface area contributed by atoms with E-state index in [1.54, 1.807) is 21.3 Å². The van der Waals surface area contributed by atoms with Crippen LogP contribution < -0.4 is 4.90 Å². The maximum Gasteiger partial charge on any atom is 0.230 e. The summed E-state index contributed by atoms with van der Waals surface area (Å²) in [6, 6.07) is 8.10. The van der Waals surface area contributed by atoms with Gasteiger partial charge in [0.1, 0.15) is 0 Å². The van der Waals surface area contributed by atoms with Gasteiger partial charge in [0.2, 0.25) is 5.91 Å². The zero-order valence-electron chi connectivity index (χ0n) is 12.5. The number of hydrogen-bond acceptors (Lipinski definition) is 3. The summed E-state index contributed by atoms with van der Waals surface area (Å²) in [6.07, 6.45) is 6.84. The minimum Gasteiger partial charge on any atom is -0.315 e. The van der Waals surface area contributed by atoms with Crippen LogP contribution in [0.2, 0.25) is 0 Å². The van der Waals surface area contributed by atoms with Crippen molar-refractivity contribution in [3.8, 4) is 0 Å². The van der Waals surface area contributed by atoms with Gasteiger partial charge in [-0.1, -0.05) is 6.07 Å². The number of aromatic nitrogens is 2. The van der Waals surface area contributed by atoms with Crippen molar-refractivity contribution in [3.05, 3.63) is 42.2 Å². The third-order valence-corrected chi connectivity index (χ3v) is 4.76. The Morgan fingerprint density at radius 3 is 2.95 bits per heavy atom. The van der Waals surface area contributed by atoms with Crippen molar-refractivity contribution in [2.75, 3.05) is 18.2 Å². The fourth-order valence-corrected chi connectivity index (χ4v) is 3.12. The normalized spacial score (nSPS) is 20.3. The number of rotatable bonds is 4. The Hall–Kier alpha value is -1.75. The van der Waals surface area contributed by atoms with E-state index in [1.807, 2.05) is 44.9 Å². The Balaban J connectivity index is 1.71. The van der Waals surface area contributed by atoms with Crippen molar-refractivity contribution in [1.29, 1.82) is 0 Å². The molecule has 2 atom stereocenters.